The Bertz CT molecular complexity index is 1670. The summed E-state index contributed by atoms with van der Waals surface area (Å²) in [7, 11) is 0. The molecule has 6 aliphatic rings. The van der Waals surface area contributed by atoms with E-state index in [1.165, 1.54) is 0 Å². The maximum atomic E-state index is 6.76. The molecule has 6 heterocycles. The summed E-state index contributed by atoms with van der Waals surface area (Å²) in [5, 5.41) is 0. The molecule has 0 aromatic heterocycles. The van der Waals surface area contributed by atoms with E-state index >= 15 is 0 Å². The molecular formula is C42H50O12. The highest BCUT2D eigenvalue weighted by molar-refractivity contribution is 5.28. The lowest BCUT2D eigenvalue weighted by Crippen LogP contribution is -2.64. The molecule has 0 bridgehead atoms. The second-order valence-corrected chi connectivity index (χ2v) is 15.9. The van der Waals surface area contributed by atoms with Crippen molar-refractivity contribution in [2.75, 3.05) is 26.4 Å². The van der Waals surface area contributed by atoms with Crippen LogP contribution in [0, 0.1) is 0 Å². The van der Waals surface area contributed by atoms with E-state index in [2.05, 4.69) is 30.3 Å². The minimum Gasteiger partial charge on any atom is -0.368 e. The Kier molecular flexibility index (Phi) is 9.95. The smallest absolute Gasteiger partial charge is 0.224 e. The Morgan fingerprint density at radius 2 is 0.926 bits per heavy atom. The van der Waals surface area contributed by atoms with Gasteiger partial charge in [0, 0.05) is 0 Å². The molecule has 9 rings (SSSR count). The van der Waals surface area contributed by atoms with Gasteiger partial charge in [-0.05, 0) is 61.1 Å². The minimum absolute atomic E-state index is 0.203. The summed E-state index contributed by atoms with van der Waals surface area (Å²) >= 11 is 0. The third-order valence-electron chi connectivity index (χ3n) is 11.1. The Morgan fingerprint density at radius 3 is 1.31 bits per heavy atom. The van der Waals surface area contributed by atoms with Gasteiger partial charge in [-0.2, -0.15) is 0 Å². The lowest BCUT2D eigenvalue weighted by atomic mass is 9.95. The summed E-state index contributed by atoms with van der Waals surface area (Å²) in [4.78, 5) is 0. The highest BCUT2D eigenvalue weighted by Gasteiger charge is 2.61. The van der Waals surface area contributed by atoms with Crippen molar-refractivity contribution >= 4 is 0 Å². The van der Waals surface area contributed by atoms with Gasteiger partial charge in [0.25, 0.3) is 0 Å². The fraction of sp³-hybridized carbons (Fsp3) is 0.571. The summed E-state index contributed by atoms with van der Waals surface area (Å²) < 4.78 is 77.4. The Morgan fingerprint density at radius 1 is 0.519 bits per heavy atom. The molecular weight excluding hydrogens is 696 g/mol. The van der Waals surface area contributed by atoms with E-state index in [9.17, 15) is 0 Å². The fourth-order valence-electron chi connectivity index (χ4n) is 8.36. The van der Waals surface area contributed by atoms with Crippen molar-refractivity contribution in [2.45, 2.75) is 127 Å². The first-order chi connectivity index (χ1) is 26.1. The third kappa shape index (κ3) is 7.29. The second-order valence-electron chi connectivity index (χ2n) is 15.9. The van der Waals surface area contributed by atoms with Crippen molar-refractivity contribution < 1.29 is 56.8 Å². The molecule has 0 amide bonds. The lowest BCUT2D eigenvalue weighted by molar-refractivity contribution is -0.357. The number of benzene rings is 3. The average molecular weight is 747 g/mol. The van der Waals surface area contributed by atoms with E-state index in [1.807, 2.05) is 70.2 Å². The second kappa shape index (κ2) is 14.6. The van der Waals surface area contributed by atoms with Gasteiger partial charge in [-0.25, -0.2) is 0 Å². The summed E-state index contributed by atoms with van der Waals surface area (Å²) in [6.45, 7) is 10.8. The van der Waals surface area contributed by atoms with Gasteiger partial charge in [0.05, 0.1) is 52.9 Å². The lowest BCUT2D eigenvalue weighted by Gasteiger charge is -2.47. The molecule has 4 fully saturated rings. The minimum atomic E-state index is -1.16. The molecule has 12 heteroatoms. The van der Waals surface area contributed by atoms with Crippen LogP contribution in [0.1, 0.15) is 61.1 Å². The van der Waals surface area contributed by atoms with Crippen LogP contribution in [0.25, 0.3) is 0 Å². The first-order valence-corrected chi connectivity index (χ1v) is 19.0. The fourth-order valence-corrected chi connectivity index (χ4v) is 8.36. The molecule has 3 aromatic carbocycles. The standard InChI is InChI=1S/C42H50O12/c1-39(2)51-25-41(53-39)37(35-33(23-49-41)43-19-29-12-5-7-14-31(29)21-45-35)47-17-27-10-9-11-28(16-27)18-48-38-36-34(24-50-42(38)26-52-40(3,4)54-42)44-20-30-13-6-8-15-32(30)22-46-36/h5-16,33-38H,17-26H2,1-4H3/t33-,34-,35-,36-,37+,38+,41+,42+/m1/s1. The topological polar surface area (TPSA) is 111 Å². The third-order valence-corrected chi connectivity index (χ3v) is 11.1. The summed E-state index contributed by atoms with van der Waals surface area (Å²) in [5.41, 5.74) is 6.26. The van der Waals surface area contributed by atoms with Crippen molar-refractivity contribution in [3.8, 4) is 0 Å². The summed E-state index contributed by atoms with van der Waals surface area (Å²) in [6, 6.07) is 24.5. The van der Waals surface area contributed by atoms with Crippen molar-refractivity contribution in [1.82, 2.24) is 0 Å². The van der Waals surface area contributed by atoms with Crippen molar-refractivity contribution in [1.29, 1.82) is 0 Å². The predicted octanol–water partition coefficient (Wildman–Crippen LogP) is 5.44. The molecule has 0 radical (unpaired) electrons. The van der Waals surface area contributed by atoms with E-state index in [1.54, 1.807) is 0 Å². The number of ether oxygens (including phenoxy) is 12. The Balaban J connectivity index is 0.929. The molecule has 290 valence electrons. The van der Waals surface area contributed by atoms with Crippen LogP contribution < -0.4 is 0 Å². The number of rotatable bonds is 6. The van der Waals surface area contributed by atoms with Crippen molar-refractivity contribution in [2.24, 2.45) is 0 Å². The zero-order valence-electron chi connectivity index (χ0n) is 31.4. The molecule has 0 unspecified atom stereocenters. The van der Waals surface area contributed by atoms with Gasteiger partial charge in [-0.1, -0.05) is 72.8 Å². The average Bonchev–Trinajstić information content (AvgIpc) is 3.64. The first-order valence-electron chi connectivity index (χ1n) is 19.0. The van der Waals surface area contributed by atoms with Gasteiger partial charge in [0.2, 0.25) is 11.6 Å². The van der Waals surface area contributed by atoms with Crippen LogP contribution in [0.4, 0.5) is 0 Å². The quantitative estimate of drug-likeness (QED) is 0.320. The SMILES string of the molecule is CC1(C)OC[C@]2(OC[C@H]3OCc4ccccc4CO[C@H]3[C@@H]2OCc2cccc(CO[C@H]3[C@@H]4OCc5ccccc5CO[C@@H]4CO[C@]34COC(C)(C)O4)c2)O1. The Labute approximate surface area is 316 Å². The molecule has 0 aliphatic carbocycles. The molecule has 8 atom stereocenters. The van der Waals surface area contributed by atoms with Crippen LogP contribution in [0.5, 0.6) is 0 Å². The molecule has 6 aliphatic heterocycles. The van der Waals surface area contributed by atoms with Crippen LogP contribution in [0.2, 0.25) is 0 Å². The zero-order chi connectivity index (χ0) is 37.0. The largest absolute Gasteiger partial charge is 0.368 e. The number of hydrogen-bond acceptors (Lipinski definition) is 12. The van der Waals surface area contributed by atoms with Gasteiger partial charge in [-0.15, -0.1) is 0 Å². The highest BCUT2D eigenvalue weighted by Crippen LogP contribution is 2.44. The molecule has 0 saturated carbocycles. The van der Waals surface area contributed by atoms with Crippen LogP contribution in [-0.4, -0.2) is 86.2 Å². The van der Waals surface area contributed by atoms with Gasteiger partial charge < -0.3 is 56.8 Å². The first kappa shape index (κ1) is 36.8. The van der Waals surface area contributed by atoms with Gasteiger partial charge in [0.1, 0.15) is 49.8 Å². The molecule has 54 heavy (non-hydrogen) atoms. The maximum Gasteiger partial charge on any atom is 0.224 e. The molecule has 4 saturated heterocycles. The van der Waals surface area contributed by atoms with Crippen LogP contribution in [-0.2, 0) is 96.5 Å². The van der Waals surface area contributed by atoms with Crippen molar-refractivity contribution in [3.05, 3.63) is 106 Å². The van der Waals surface area contributed by atoms with Crippen molar-refractivity contribution in [3.63, 3.8) is 0 Å². The van der Waals surface area contributed by atoms with E-state index in [4.69, 9.17) is 56.8 Å². The number of hydrogen-bond donors (Lipinski definition) is 0. The van der Waals surface area contributed by atoms with Crippen LogP contribution >= 0.6 is 0 Å². The summed E-state index contributed by atoms with van der Waals surface area (Å²) in [6.07, 6.45) is -2.89. The van der Waals surface area contributed by atoms with Gasteiger partial charge in [-0.3, -0.25) is 0 Å². The zero-order valence-corrected chi connectivity index (χ0v) is 31.4. The monoisotopic (exact) mass is 746 g/mol. The number of fused-ring (bicyclic) bond motifs is 4. The van der Waals surface area contributed by atoms with E-state index in [0.717, 1.165) is 33.4 Å². The normalized spacial score (nSPS) is 35.6. The van der Waals surface area contributed by atoms with E-state index in [-0.39, 0.29) is 38.6 Å². The van der Waals surface area contributed by atoms with Gasteiger partial charge in [0.15, 0.2) is 11.6 Å². The van der Waals surface area contributed by atoms with Crippen LogP contribution in [0.3, 0.4) is 0 Å². The summed E-state index contributed by atoms with van der Waals surface area (Å²) in [5.74, 6) is -4.01. The molecule has 12 nitrogen and oxygen atoms in total. The van der Waals surface area contributed by atoms with Crippen LogP contribution in [0.15, 0.2) is 72.8 Å². The predicted molar refractivity (Wildman–Crippen MR) is 190 cm³/mol. The Hall–Kier alpha value is -2.82. The van der Waals surface area contributed by atoms with Gasteiger partial charge >= 0.3 is 0 Å². The van der Waals surface area contributed by atoms with E-state index in [0.29, 0.717) is 39.6 Å². The maximum absolute atomic E-state index is 6.76. The highest BCUT2D eigenvalue weighted by atomic mass is 16.9. The molecule has 0 N–H and O–H groups in total. The van der Waals surface area contributed by atoms with E-state index < -0.39 is 47.6 Å². The molecule has 3 aromatic rings. The molecule has 2 spiro atoms.